The van der Waals surface area contributed by atoms with Crippen molar-refractivity contribution in [2.75, 3.05) is 19.5 Å². The van der Waals surface area contributed by atoms with E-state index in [-0.39, 0.29) is 5.91 Å². The Bertz CT molecular complexity index is 1210. The van der Waals surface area contributed by atoms with Crippen LogP contribution in [0.25, 0.3) is 22.2 Å². The highest BCUT2D eigenvalue weighted by Gasteiger charge is 2.15. The van der Waals surface area contributed by atoms with E-state index in [0.29, 0.717) is 33.4 Å². The lowest BCUT2D eigenvalue weighted by molar-refractivity contribution is 0.102. The van der Waals surface area contributed by atoms with Gasteiger partial charge in [0.15, 0.2) is 0 Å². The standard InChI is InChI=1S/C21H17ClN4O3/c1-28-15-5-12(8-23-10-15)18-11-25-20-17(18)7-14(9-24-20)26-21(27)16-4-3-13(22)6-19(16)29-2/h3-11H,1-2H3,(H,24,25)(H,26,27). The summed E-state index contributed by atoms with van der Waals surface area (Å²) in [6.45, 7) is 0. The summed E-state index contributed by atoms with van der Waals surface area (Å²) in [5.74, 6) is 0.734. The molecule has 0 saturated heterocycles. The second kappa shape index (κ2) is 7.81. The highest BCUT2D eigenvalue weighted by molar-refractivity contribution is 6.31. The SMILES string of the molecule is COc1cncc(-c2c[nH]c3ncc(NC(=O)c4ccc(Cl)cc4OC)cc23)c1. The zero-order chi connectivity index (χ0) is 20.4. The molecule has 0 aliphatic heterocycles. The second-order valence-electron chi connectivity index (χ2n) is 6.23. The Morgan fingerprint density at radius 2 is 1.97 bits per heavy atom. The highest BCUT2D eigenvalue weighted by atomic mass is 35.5. The molecule has 146 valence electrons. The van der Waals surface area contributed by atoms with Gasteiger partial charge in [-0.05, 0) is 30.3 Å². The molecule has 3 heterocycles. The summed E-state index contributed by atoms with van der Waals surface area (Å²) in [7, 11) is 3.08. The maximum absolute atomic E-state index is 12.7. The number of hydrogen-bond acceptors (Lipinski definition) is 5. The van der Waals surface area contributed by atoms with Gasteiger partial charge in [-0.2, -0.15) is 0 Å². The topological polar surface area (TPSA) is 89.1 Å². The van der Waals surface area contributed by atoms with Crippen molar-refractivity contribution < 1.29 is 14.3 Å². The van der Waals surface area contributed by atoms with Crippen LogP contribution in [0, 0.1) is 0 Å². The largest absolute Gasteiger partial charge is 0.496 e. The van der Waals surface area contributed by atoms with Crippen LogP contribution in [0.5, 0.6) is 11.5 Å². The number of rotatable bonds is 5. The molecular formula is C21H17ClN4O3. The first kappa shape index (κ1) is 18.8. The number of nitrogens with zero attached hydrogens (tertiary/aromatic N) is 2. The molecule has 8 heteroatoms. The molecule has 0 fully saturated rings. The molecule has 0 aliphatic carbocycles. The van der Waals surface area contributed by atoms with Gasteiger partial charge in [-0.25, -0.2) is 4.98 Å². The predicted molar refractivity (Wildman–Crippen MR) is 112 cm³/mol. The zero-order valence-electron chi connectivity index (χ0n) is 15.7. The second-order valence-corrected chi connectivity index (χ2v) is 6.67. The summed E-state index contributed by atoms with van der Waals surface area (Å²) in [6, 6.07) is 8.60. The molecule has 4 rings (SSSR count). The van der Waals surface area contributed by atoms with Crippen LogP contribution in [-0.4, -0.2) is 35.1 Å². The van der Waals surface area contributed by atoms with Crippen molar-refractivity contribution >= 4 is 34.2 Å². The molecule has 2 N–H and O–H groups in total. The number of benzene rings is 1. The van der Waals surface area contributed by atoms with Gasteiger partial charge < -0.3 is 19.8 Å². The first-order valence-electron chi connectivity index (χ1n) is 8.70. The molecule has 0 unspecified atom stereocenters. The van der Waals surface area contributed by atoms with E-state index in [0.717, 1.165) is 16.5 Å². The molecular weight excluding hydrogens is 392 g/mol. The van der Waals surface area contributed by atoms with Crippen molar-refractivity contribution in [3.8, 4) is 22.6 Å². The number of carbonyl (C=O) groups excluding carboxylic acids is 1. The van der Waals surface area contributed by atoms with Crippen molar-refractivity contribution in [1.29, 1.82) is 0 Å². The van der Waals surface area contributed by atoms with E-state index in [1.54, 1.807) is 43.9 Å². The number of anilines is 1. The van der Waals surface area contributed by atoms with Crippen molar-refractivity contribution in [2.24, 2.45) is 0 Å². The maximum atomic E-state index is 12.7. The van der Waals surface area contributed by atoms with Gasteiger partial charge in [0.1, 0.15) is 17.1 Å². The van der Waals surface area contributed by atoms with Crippen molar-refractivity contribution in [3.63, 3.8) is 0 Å². The highest BCUT2D eigenvalue weighted by Crippen LogP contribution is 2.31. The molecule has 0 bridgehead atoms. The number of halogens is 1. The summed E-state index contributed by atoms with van der Waals surface area (Å²) in [4.78, 5) is 24.5. The lowest BCUT2D eigenvalue weighted by Crippen LogP contribution is -2.13. The van der Waals surface area contributed by atoms with Gasteiger partial charge in [0.05, 0.1) is 37.9 Å². The quantitative estimate of drug-likeness (QED) is 0.505. The normalized spacial score (nSPS) is 10.7. The fourth-order valence-electron chi connectivity index (χ4n) is 3.04. The Kier molecular flexibility index (Phi) is 5.05. The Balaban J connectivity index is 1.68. The molecule has 7 nitrogen and oxygen atoms in total. The van der Waals surface area contributed by atoms with Crippen molar-refractivity contribution in [2.45, 2.75) is 0 Å². The van der Waals surface area contributed by atoms with Crippen molar-refractivity contribution in [3.05, 3.63) is 65.7 Å². The van der Waals surface area contributed by atoms with Crippen LogP contribution in [-0.2, 0) is 0 Å². The van der Waals surface area contributed by atoms with Crippen LogP contribution < -0.4 is 14.8 Å². The molecule has 3 aromatic heterocycles. The average Bonchev–Trinajstić information content (AvgIpc) is 3.16. The molecule has 29 heavy (non-hydrogen) atoms. The van der Waals surface area contributed by atoms with Crippen LogP contribution in [0.4, 0.5) is 5.69 Å². The van der Waals surface area contributed by atoms with E-state index in [1.165, 1.54) is 7.11 Å². The first-order valence-corrected chi connectivity index (χ1v) is 9.08. The third kappa shape index (κ3) is 3.72. The minimum absolute atomic E-state index is 0.320. The molecule has 0 aliphatic rings. The minimum atomic E-state index is -0.320. The van der Waals surface area contributed by atoms with E-state index >= 15 is 0 Å². The number of fused-ring (bicyclic) bond motifs is 1. The van der Waals surface area contributed by atoms with E-state index in [9.17, 15) is 4.79 Å². The Morgan fingerprint density at radius 3 is 2.76 bits per heavy atom. The molecule has 0 saturated carbocycles. The zero-order valence-corrected chi connectivity index (χ0v) is 16.4. The van der Waals surface area contributed by atoms with Crippen LogP contribution in [0.3, 0.4) is 0 Å². The Morgan fingerprint density at radius 1 is 1.10 bits per heavy atom. The number of nitrogens with one attached hydrogen (secondary N) is 2. The molecule has 0 spiro atoms. The Labute approximate surface area is 171 Å². The van der Waals surface area contributed by atoms with Crippen LogP contribution in [0.2, 0.25) is 5.02 Å². The van der Waals surface area contributed by atoms with E-state index in [4.69, 9.17) is 21.1 Å². The van der Waals surface area contributed by atoms with Crippen LogP contribution >= 0.6 is 11.6 Å². The summed E-state index contributed by atoms with van der Waals surface area (Å²) < 4.78 is 10.5. The summed E-state index contributed by atoms with van der Waals surface area (Å²) in [6.07, 6.45) is 6.82. The van der Waals surface area contributed by atoms with Gasteiger partial charge in [-0.3, -0.25) is 9.78 Å². The summed E-state index contributed by atoms with van der Waals surface area (Å²) in [5.41, 5.74) is 3.41. The van der Waals surface area contributed by atoms with Gasteiger partial charge in [-0.15, -0.1) is 0 Å². The number of aromatic amines is 1. The van der Waals surface area contributed by atoms with Gasteiger partial charge in [0.25, 0.3) is 5.91 Å². The number of carbonyl (C=O) groups is 1. The average molecular weight is 409 g/mol. The van der Waals surface area contributed by atoms with Crippen LogP contribution in [0.1, 0.15) is 10.4 Å². The summed E-state index contributed by atoms with van der Waals surface area (Å²) in [5, 5.41) is 4.20. The van der Waals surface area contributed by atoms with Gasteiger partial charge in [0.2, 0.25) is 0 Å². The molecule has 0 atom stereocenters. The fraction of sp³-hybridized carbons (Fsp3) is 0.0952. The number of methoxy groups -OCH3 is 2. The minimum Gasteiger partial charge on any atom is -0.496 e. The summed E-state index contributed by atoms with van der Waals surface area (Å²) >= 11 is 5.97. The lowest BCUT2D eigenvalue weighted by Gasteiger charge is -2.10. The maximum Gasteiger partial charge on any atom is 0.259 e. The number of H-pyrrole nitrogens is 1. The molecule has 4 aromatic rings. The van der Waals surface area contributed by atoms with Crippen LogP contribution in [0.15, 0.2) is 55.1 Å². The monoisotopic (exact) mass is 408 g/mol. The van der Waals surface area contributed by atoms with E-state index in [2.05, 4.69) is 20.3 Å². The van der Waals surface area contributed by atoms with E-state index in [1.807, 2.05) is 18.3 Å². The number of amides is 1. The number of ether oxygens (including phenoxy) is 2. The smallest absolute Gasteiger partial charge is 0.259 e. The van der Waals surface area contributed by atoms with Gasteiger partial charge in [-0.1, -0.05) is 11.6 Å². The molecule has 0 radical (unpaired) electrons. The van der Waals surface area contributed by atoms with Gasteiger partial charge in [0, 0.05) is 33.9 Å². The number of hydrogen-bond donors (Lipinski definition) is 2. The third-order valence-corrected chi connectivity index (χ3v) is 4.69. The van der Waals surface area contributed by atoms with Crippen molar-refractivity contribution in [1.82, 2.24) is 15.0 Å². The first-order chi connectivity index (χ1) is 14.1. The number of aromatic nitrogens is 3. The van der Waals surface area contributed by atoms with E-state index < -0.39 is 0 Å². The fourth-order valence-corrected chi connectivity index (χ4v) is 3.20. The predicted octanol–water partition coefficient (Wildman–Crippen LogP) is 4.55. The molecule has 1 amide bonds. The Hall–Kier alpha value is -3.58. The lowest BCUT2D eigenvalue weighted by atomic mass is 10.1. The van der Waals surface area contributed by atoms with Gasteiger partial charge >= 0.3 is 0 Å². The molecule has 1 aromatic carbocycles. The third-order valence-electron chi connectivity index (χ3n) is 4.46. The number of pyridine rings is 2.